The molecule has 0 bridgehead atoms. The van der Waals surface area contributed by atoms with E-state index in [0.29, 0.717) is 31.8 Å². The number of carbonyl (C=O) groups excluding carboxylic acids is 2. The number of carboxylic acid groups (broad SMARTS) is 1. The average molecular weight is 301 g/mol. The van der Waals surface area contributed by atoms with E-state index in [1.165, 1.54) is 0 Å². The lowest BCUT2D eigenvalue weighted by molar-refractivity contribution is -0.137. The van der Waals surface area contributed by atoms with Crippen molar-refractivity contribution in [3.05, 3.63) is 0 Å². The van der Waals surface area contributed by atoms with E-state index >= 15 is 0 Å². The molecule has 122 valence electrons. The molecule has 0 saturated heterocycles. The number of hydrogen-bond donors (Lipinski definition) is 4. The molecular weight excluding hydrogens is 274 g/mol. The summed E-state index contributed by atoms with van der Waals surface area (Å²) >= 11 is 0. The molecule has 0 aliphatic heterocycles. The molecule has 0 saturated carbocycles. The highest BCUT2D eigenvalue weighted by Gasteiger charge is 2.15. The third kappa shape index (κ3) is 11.7. The van der Waals surface area contributed by atoms with Gasteiger partial charge in [-0.05, 0) is 31.1 Å². The minimum Gasteiger partial charge on any atom is -0.481 e. The van der Waals surface area contributed by atoms with Gasteiger partial charge in [0, 0.05) is 25.9 Å². The standard InChI is InChI=1S/C14H27N3O4/c1-10(2)11(5-6-13(19)20)7-9-17-14(21)16-8-3-4-12(15)18/h10-11H,3-9H2,1-2H3,(H2,15,18)(H,19,20)(H2,16,17,21). The minimum absolute atomic E-state index is 0.155. The third-order valence-electron chi connectivity index (χ3n) is 3.36. The molecule has 0 aliphatic rings. The predicted molar refractivity (Wildman–Crippen MR) is 79.6 cm³/mol. The van der Waals surface area contributed by atoms with Gasteiger partial charge in [0.25, 0.3) is 0 Å². The Bertz CT molecular complexity index is 345. The summed E-state index contributed by atoms with van der Waals surface area (Å²) in [7, 11) is 0. The van der Waals surface area contributed by atoms with Crippen molar-refractivity contribution in [2.75, 3.05) is 13.1 Å². The number of aliphatic carboxylic acids is 1. The van der Waals surface area contributed by atoms with Crippen molar-refractivity contribution in [1.29, 1.82) is 0 Å². The number of primary amides is 1. The molecule has 0 rings (SSSR count). The Morgan fingerprint density at radius 2 is 1.67 bits per heavy atom. The molecule has 0 aliphatic carbocycles. The van der Waals surface area contributed by atoms with Gasteiger partial charge in [-0.25, -0.2) is 4.79 Å². The van der Waals surface area contributed by atoms with Crippen molar-refractivity contribution in [3.8, 4) is 0 Å². The number of nitrogens with two attached hydrogens (primary N) is 1. The van der Waals surface area contributed by atoms with E-state index in [4.69, 9.17) is 10.8 Å². The second-order valence-electron chi connectivity index (χ2n) is 5.48. The van der Waals surface area contributed by atoms with Crippen molar-refractivity contribution in [1.82, 2.24) is 10.6 Å². The van der Waals surface area contributed by atoms with Crippen molar-refractivity contribution >= 4 is 17.9 Å². The van der Waals surface area contributed by atoms with Crippen LogP contribution in [0.2, 0.25) is 0 Å². The van der Waals surface area contributed by atoms with Crippen LogP contribution in [0.25, 0.3) is 0 Å². The van der Waals surface area contributed by atoms with Crippen LogP contribution < -0.4 is 16.4 Å². The first-order valence-electron chi connectivity index (χ1n) is 7.34. The highest BCUT2D eigenvalue weighted by molar-refractivity contribution is 5.74. The summed E-state index contributed by atoms with van der Waals surface area (Å²) in [6, 6.07) is -0.278. The van der Waals surface area contributed by atoms with Crippen LogP contribution in [0.3, 0.4) is 0 Å². The van der Waals surface area contributed by atoms with Crippen molar-refractivity contribution in [2.24, 2.45) is 17.6 Å². The highest BCUT2D eigenvalue weighted by atomic mass is 16.4. The summed E-state index contributed by atoms with van der Waals surface area (Å²) < 4.78 is 0. The first kappa shape index (κ1) is 19.2. The fourth-order valence-electron chi connectivity index (χ4n) is 2.02. The Labute approximate surface area is 125 Å². The molecule has 7 nitrogen and oxygen atoms in total. The smallest absolute Gasteiger partial charge is 0.314 e. The zero-order valence-corrected chi connectivity index (χ0v) is 12.9. The van der Waals surface area contributed by atoms with E-state index in [2.05, 4.69) is 24.5 Å². The van der Waals surface area contributed by atoms with E-state index in [-0.39, 0.29) is 30.7 Å². The van der Waals surface area contributed by atoms with Crippen LogP contribution in [-0.4, -0.2) is 36.1 Å². The number of carboxylic acids is 1. The Kier molecular flexibility index (Phi) is 10.0. The average Bonchev–Trinajstić information content (AvgIpc) is 2.37. The Morgan fingerprint density at radius 1 is 1.05 bits per heavy atom. The summed E-state index contributed by atoms with van der Waals surface area (Å²) in [4.78, 5) is 32.6. The maximum absolute atomic E-state index is 11.5. The fourth-order valence-corrected chi connectivity index (χ4v) is 2.02. The molecule has 0 aromatic heterocycles. The van der Waals surface area contributed by atoms with E-state index < -0.39 is 5.97 Å². The number of urea groups is 1. The van der Waals surface area contributed by atoms with Gasteiger partial charge in [-0.3, -0.25) is 9.59 Å². The second-order valence-corrected chi connectivity index (χ2v) is 5.48. The van der Waals surface area contributed by atoms with E-state index in [1.54, 1.807) is 0 Å². The summed E-state index contributed by atoms with van der Waals surface area (Å²) in [5.41, 5.74) is 4.99. The molecule has 0 spiro atoms. The number of nitrogens with one attached hydrogen (secondary N) is 2. The SMILES string of the molecule is CC(C)C(CCNC(=O)NCCCC(N)=O)CCC(=O)O. The van der Waals surface area contributed by atoms with Crippen molar-refractivity contribution in [2.45, 2.75) is 46.0 Å². The van der Waals surface area contributed by atoms with Crippen molar-refractivity contribution < 1.29 is 19.5 Å². The van der Waals surface area contributed by atoms with Gasteiger partial charge in [0.1, 0.15) is 0 Å². The van der Waals surface area contributed by atoms with E-state index in [9.17, 15) is 14.4 Å². The molecule has 0 heterocycles. The lowest BCUT2D eigenvalue weighted by atomic mass is 9.88. The first-order valence-corrected chi connectivity index (χ1v) is 7.34. The summed E-state index contributed by atoms with van der Waals surface area (Å²) in [6.45, 7) is 5.01. The van der Waals surface area contributed by atoms with Crippen LogP contribution in [0, 0.1) is 11.8 Å². The van der Waals surface area contributed by atoms with E-state index in [1.807, 2.05) is 0 Å². The molecule has 21 heavy (non-hydrogen) atoms. The molecule has 7 heteroatoms. The predicted octanol–water partition coefficient (Wildman–Crippen LogP) is 1.08. The van der Waals surface area contributed by atoms with Gasteiger partial charge in [0.2, 0.25) is 5.91 Å². The molecular formula is C14H27N3O4. The number of hydrogen-bond acceptors (Lipinski definition) is 3. The highest BCUT2D eigenvalue weighted by Crippen LogP contribution is 2.20. The van der Waals surface area contributed by atoms with Gasteiger partial charge in [0.15, 0.2) is 0 Å². The lowest BCUT2D eigenvalue weighted by Crippen LogP contribution is -2.37. The number of rotatable bonds is 11. The van der Waals surface area contributed by atoms with Crippen LogP contribution in [0.15, 0.2) is 0 Å². The van der Waals surface area contributed by atoms with E-state index in [0.717, 1.165) is 6.42 Å². The van der Waals surface area contributed by atoms with Gasteiger partial charge in [-0.15, -0.1) is 0 Å². The van der Waals surface area contributed by atoms with Crippen LogP contribution in [-0.2, 0) is 9.59 Å². The summed E-state index contributed by atoms with van der Waals surface area (Å²) in [5.74, 6) is -0.516. The number of carbonyl (C=O) groups is 3. The third-order valence-corrected chi connectivity index (χ3v) is 3.36. The maximum atomic E-state index is 11.5. The molecule has 0 fully saturated rings. The Balaban J connectivity index is 3.79. The summed E-state index contributed by atoms with van der Waals surface area (Å²) in [6.07, 6.45) is 2.30. The molecule has 0 radical (unpaired) electrons. The Morgan fingerprint density at radius 3 is 2.19 bits per heavy atom. The fraction of sp³-hybridized carbons (Fsp3) is 0.786. The molecule has 1 atom stereocenters. The number of amides is 3. The molecule has 5 N–H and O–H groups in total. The first-order chi connectivity index (χ1) is 9.82. The van der Waals surface area contributed by atoms with Gasteiger partial charge < -0.3 is 21.5 Å². The van der Waals surface area contributed by atoms with Crippen LogP contribution in [0.4, 0.5) is 4.79 Å². The molecule has 0 aromatic carbocycles. The molecule has 3 amide bonds. The largest absolute Gasteiger partial charge is 0.481 e. The van der Waals surface area contributed by atoms with Crippen LogP contribution >= 0.6 is 0 Å². The zero-order chi connectivity index (χ0) is 16.3. The van der Waals surface area contributed by atoms with Crippen LogP contribution in [0.5, 0.6) is 0 Å². The van der Waals surface area contributed by atoms with Gasteiger partial charge in [-0.1, -0.05) is 13.8 Å². The Hall–Kier alpha value is -1.79. The molecule has 0 aromatic rings. The quantitative estimate of drug-likeness (QED) is 0.426. The lowest BCUT2D eigenvalue weighted by Gasteiger charge is -2.20. The van der Waals surface area contributed by atoms with Crippen molar-refractivity contribution in [3.63, 3.8) is 0 Å². The monoisotopic (exact) mass is 301 g/mol. The van der Waals surface area contributed by atoms with Gasteiger partial charge in [0.05, 0.1) is 0 Å². The normalized spacial score (nSPS) is 12.0. The second kappa shape index (κ2) is 10.9. The van der Waals surface area contributed by atoms with Gasteiger partial charge in [-0.2, -0.15) is 0 Å². The summed E-state index contributed by atoms with van der Waals surface area (Å²) in [5, 5.41) is 14.1. The van der Waals surface area contributed by atoms with Gasteiger partial charge >= 0.3 is 12.0 Å². The minimum atomic E-state index is -0.791. The zero-order valence-electron chi connectivity index (χ0n) is 12.9. The maximum Gasteiger partial charge on any atom is 0.314 e. The topological polar surface area (TPSA) is 122 Å². The molecule has 1 unspecified atom stereocenters. The van der Waals surface area contributed by atoms with Crippen LogP contribution in [0.1, 0.15) is 46.0 Å².